The third-order valence-corrected chi connectivity index (χ3v) is 7.97. The molecule has 6 nitrogen and oxygen atoms in total. The minimum atomic E-state index is -3.32. The van der Waals surface area contributed by atoms with Gasteiger partial charge >= 0.3 is 0 Å². The molecule has 0 bridgehead atoms. The van der Waals surface area contributed by atoms with Crippen molar-refractivity contribution in [1.82, 2.24) is 14.9 Å². The second kappa shape index (κ2) is 8.07. The fourth-order valence-corrected chi connectivity index (χ4v) is 6.15. The smallest absolute Gasteiger partial charge is 0.237 e. The molecular formula is C17H25N3O3S2. The van der Waals surface area contributed by atoms with E-state index in [1.165, 1.54) is 5.56 Å². The number of sulfonamides is 1. The van der Waals surface area contributed by atoms with Gasteiger partial charge in [-0.05, 0) is 18.9 Å². The average Bonchev–Trinajstić information content (AvgIpc) is 3.13. The van der Waals surface area contributed by atoms with Crippen LogP contribution in [0.25, 0.3) is 0 Å². The van der Waals surface area contributed by atoms with Gasteiger partial charge in [-0.3, -0.25) is 4.79 Å². The van der Waals surface area contributed by atoms with Crippen LogP contribution in [0.2, 0.25) is 0 Å². The Hall–Kier alpha value is -1.09. The van der Waals surface area contributed by atoms with Gasteiger partial charge in [0.25, 0.3) is 0 Å². The molecule has 2 aliphatic rings. The summed E-state index contributed by atoms with van der Waals surface area (Å²) in [5.41, 5.74) is 2.21. The molecule has 0 saturated carbocycles. The van der Waals surface area contributed by atoms with E-state index in [2.05, 4.69) is 10.6 Å². The number of aryl methyl sites for hydroxylation is 1. The average molecular weight is 384 g/mol. The first-order chi connectivity index (χ1) is 12.0. The minimum Gasteiger partial charge on any atom is -0.351 e. The second-order valence-corrected chi connectivity index (χ2v) is 10.0. The van der Waals surface area contributed by atoms with Crippen LogP contribution in [0.1, 0.15) is 17.5 Å². The van der Waals surface area contributed by atoms with E-state index in [1.807, 2.05) is 31.2 Å². The van der Waals surface area contributed by atoms with Crippen molar-refractivity contribution in [3.63, 3.8) is 0 Å². The Kier molecular flexibility index (Phi) is 6.04. The molecule has 0 aromatic heterocycles. The number of nitrogens with one attached hydrogen (secondary N) is 2. The van der Waals surface area contributed by atoms with Gasteiger partial charge in [0.2, 0.25) is 15.9 Å². The van der Waals surface area contributed by atoms with E-state index in [0.29, 0.717) is 32.6 Å². The van der Waals surface area contributed by atoms with Crippen LogP contribution in [-0.4, -0.2) is 61.1 Å². The second-order valence-electron chi connectivity index (χ2n) is 6.58. The van der Waals surface area contributed by atoms with E-state index in [4.69, 9.17) is 0 Å². The Morgan fingerprint density at radius 2 is 1.96 bits per heavy atom. The molecule has 138 valence electrons. The first-order valence-corrected chi connectivity index (χ1v) is 11.3. The Morgan fingerprint density at radius 3 is 2.64 bits per heavy atom. The Morgan fingerprint density at radius 1 is 1.28 bits per heavy atom. The zero-order valence-corrected chi connectivity index (χ0v) is 16.0. The van der Waals surface area contributed by atoms with Crippen molar-refractivity contribution < 1.29 is 13.2 Å². The lowest BCUT2D eigenvalue weighted by molar-refractivity contribution is -0.122. The standard InChI is InChI=1S/C17H25N3O3S2/c1-13-2-4-14(5-3-13)11-19-17(21)16-10-15(12-18-16)25(22,23)20-6-8-24-9-7-20/h2-5,15-16,18H,6-12H2,1H3,(H,19,21). The normalized spacial score (nSPS) is 25.0. The summed E-state index contributed by atoms with van der Waals surface area (Å²) < 4.78 is 27.0. The van der Waals surface area contributed by atoms with Gasteiger partial charge < -0.3 is 10.6 Å². The molecule has 1 amide bonds. The zero-order valence-electron chi connectivity index (χ0n) is 14.4. The number of thioether (sulfide) groups is 1. The van der Waals surface area contributed by atoms with Crippen LogP contribution >= 0.6 is 11.8 Å². The Bertz CT molecular complexity index is 700. The minimum absolute atomic E-state index is 0.132. The molecule has 2 fully saturated rings. The van der Waals surface area contributed by atoms with Crippen molar-refractivity contribution in [2.75, 3.05) is 31.1 Å². The molecule has 1 aromatic rings. The molecule has 2 atom stereocenters. The van der Waals surface area contributed by atoms with E-state index in [1.54, 1.807) is 16.1 Å². The highest BCUT2D eigenvalue weighted by Crippen LogP contribution is 2.22. The van der Waals surface area contributed by atoms with Crippen LogP contribution in [-0.2, 0) is 21.4 Å². The maximum Gasteiger partial charge on any atom is 0.237 e. The fourth-order valence-electron chi connectivity index (χ4n) is 3.16. The first kappa shape index (κ1) is 18.7. The van der Waals surface area contributed by atoms with Crippen molar-refractivity contribution in [1.29, 1.82) is 0 Å². The number of hydrogen-bond acceptors (Lipinski definition) is 5. The Labute approximate surface area is 153 Å². The van der Waals surface area contributed by atoms with Crippen molar-refractivity contribution >= 4 is 27.7 Å². The quantitative estimate of drug-likeness (QED) is 0.783. The highest BCUT2D eigenvalue weighted by Gasteiger charge is 2.40. The molecule has 0 spiro atoms. The third-order valence-electron chi connectivity index (χ3n) is 4.75. The maximum absolute atomic E-state index is 12.7. The largest absolute Gasteiger partial charge is 0.351 e. The Balaban J connectivity index is 1.53. The summed E-state index contributed by atoms with van der Waals surface area (Å²) in [5, 5.41) is 5.46. The summed E-state index contributed by atoms with van der Waals surface area (Å²) in [5.74, 6) is 1.56. The molecule has 2 aliphatic heterocycles. The van der Waals surface area contributed by atoms with E-state index < -0.39 is 21.3 Å². The van der Waals surface area contributed by atoms with Gasteiger partial charge in [0, 0.05) is 37.7 Å². The summed E-state index contributed by atoms with van der Waals surface area (Å²) in [6.45, 7) is 3.97. The van der Waals surface area contributed by atoms with Crippen LogP contribution in [0.3, 0.4) is 0 Å². The molecule has 0 radical (unpaired) electrons. The number of carbonyl (C=O) groups excluding carboxylic acids is 1. The summed E-state index contributed by atoms with van der Waals surface area (Å²) in [6.07, 6.45) is 0.339. The van der Waals surface area contributed by atoms with Crippen molar-refractivity contribution in [2.45, 2.75) is 31.2 Å². The number of amides is 1. The van der Waals surface area contributed by atoms with Gasteiger partial charge in [-0.15, -0.1) is 0 Å². The summed E-state index contributed by atoms with van der Waals surface area (Å²) in [7, 11) is -3.32. The fraction of sp³-hybridized carbons (Fsp3) is 0.588. The third kappa shape index (κ3) is 4.55. The highest BCUT2D eigenvalue weighted by molar-refractivity contribution is 7.99. The van der Waals surface area contributed by atoms with Crippen molar-refractivity contribution in [2.24, 2.45) is 0 Å². The van der Waals surface area contributed by atoms with Crippen LogP contribution in [0.4, 0.5) is 0 Å². The van der Waals surface area contributed by atoms with Crippen LogP contribution < -0.4 is 10.6 Å². The number of rotatable bonds is 5. The van der Waals surface area contributed by atoms with Gasteiger partial charge in [-0.2, -0.15) is 16.1 Å². The molecule has 8 heteroatoms. The molecule has 0 aliphatic carbocycles. The molecular weight excluding hydrogens is 358 g/mol. The van der Waals surface area contributed by atoms with Crippen molar-refractivity contribution in [3.8, 4) is 0 Å². The summed E-state index contributed by atoms with van der Waals surface area (Å²) in [6, 6.07) is 7.55. The maximum atomic E-state index is 12.7. The number of carbonyl (C=O) groups is 1. The molecule has 2 N–H and O–H groups in total. The zero-order chi connectivity index (χ0) is 17.9. The van der Waals surface area contributed by atoms with Crippen LogP contribution in [0.5, 0.6) is 0 Å². The van der Waals surface area contributed by atoms with Gasteiger partial charge in [0.05, 0.1) is 11.3 Å². The van der Waals surface area contributed by atoms with Crippen LogP contribution in [0.15, 0.2) is 24.3 Å². The molecule has 2 unspecified atom stereocenters. The highest BCUT2D eigenvalue weighted by atomic mass is 32.2. The molecule has 1 aromatic carbocycles. The van der Waals surface area contributed by atoms with E-state index in [9.17, 15) is 13.2 Å². The summed E-state index contributed by atoms with van der Waals surface area (Å²) in [4.78, 5) is 12.3. The lowest BCUT2D eigenvalue weighted by atomic mass is 10.1. The first-order valence-electron chi connectivity index (χ1n) is 8.60. The molecule has 25 heavy (non-hydrogen) atoms. The number of benzene rings is 1. The lowest BCUT2D eigenvalue weighted by Gasteiger charge is -2.28. The SMILES string of the molecule is Cc1ccc(CNC(=O)C2CC(S(=O)(=O)N3CCSCC3)CN2)cc1. The molecule has 2 saturated heterocycles. The van der Waals surface area contributed by atoms with Crippen molar-refractivity contribution in [3.05, 3.63) is 35.4 Å². The summed E-state index contributed by atoms with van der Waals surface area (Å²) >= 11 is 1.78. The predicted octanol–water partition coefficient (Wildman–Crippen LogP) is 0.720. The van der Waals surface area contributed by atoms with Gasteiger partial charge in [0.1, 0.15) is 0 Å². The molecule has 3 rings (SSSR count). The van der Waals surface area contributed by atoms with E-state index >= 15 is 0 Å². The van der Waals surface area contributed by atoms with E-state index in [-0.39, 0.29) is 5.91 Å². The van der Waals surface area contributed by atoms with Gasteiger partial charge in [-0.25, -0.2) is 8.42 Å². The number of hydrogen-bond donors (Lipinski definition) is 2. The lowest BCUT2D eigenvalue weighted by Crippen LogP contribution is -2.44. The van der Waals surface area contributed by atoms with Gasteiger partial charge in [-0.1, -0.05) is 29.8 Å². The monoisotopic (exact) mass is 383 g/mol. The predicted molar refractivity (Wildman–Crippen MR) is 101 cm³/mol. The number of nitrogens with zero attached hydrogens (tertiary/aromatic N) is 1. The topological polar surface area (TPSA) is 78.5 Å². The molecule has 2 heterocycles. The van der Waals surface area contributed by atoms with Gasteiger partial charge in [0.15, 0.2) is 0 Å². The van der Waals surface area contributed by atoms with E-state index in [0.717, 1.165) is 17.1 Å². The van der Waals surface area contributed by atoms with Crippen LogP contribution in [0, 0.1) is 6.92 Å².